The van der Waals surface area contributed by atoms with Crippen LogP contribution in [0.2, 0.25) is 0 Å². The normalized spacial score (nSPS) is 16.4. The molecule has 0 amide bonds. The fourth-order valence-electron chi connectivity index (χ4n) is 4.24. The van der Waals surface area contributed by atoms with Gasteiger partial charge in [-0.3, -0.25) is 9.80 Å². The van der Waals surface area contributed by atoms with Crippen LogP contribution in [0.15, 0.2) is 59.5 Å². The van der Waals surface area contributed by atoms with Crippen LogP contribution in [0.5, 0.6) is 0 Å². The highest BCUT2D eigenvalue weighted by Crippen LogP contribution is 2.23. The molecule has 0 bridgehead atoms. The zero-order chi connectivity index (χ0) is 23.4. The van der Waals surface area contributed by atoms with Crippen molar-refractivity contribution < 1.29 is 8.42 Å². The fraction of sp³-hybridized carbons (Fsp3) is 0.400. The molecule has 176 valence electrons. The molecule has 1 fully saturated rings. The van der Waals surface area contributed by atoms with Crippen LogP contribution in [-0.2, 0) is 23.1 Å². The highest BCUT2D eigenvalue weighted by atomic mass is 32.2. The van der Waals surface area contributed by atoms with Gasteiger partial charge < -0.3 is 4.57 Å². The van der Waals surface area contributed by atoms with Gasteiger partial charge in [-0.25, -0.2) is 17.7 Å². The molecule has 4 rings (SSSR count). The van der Waals surface area contributed by atoms with Gasteiger partial charge in [-0.1, -0.05) is 42.5 Å². The van der Waals surface area contributed by atoms with Gasteiger partial charge in [0.05, 0.1) is 22.5 Å². The summed E-state index contributed by atoms with van der Waals surface area (Å²) in [5.74, 6) is 0.990. The van der Waals surface area contributed by atoms with Gasteiger partial charge in [0.25, 0.3) is 0 Å². The van der Waals surface area contributed by atoms with E-state index < -0.39 is 10.0 Å². The number of aromatic nitrogens is 2. The fourth-order valence-corrected chi connectivity index (χ4v) is 5.16. The molecule has 8 heteroatoms. The van der Waals surface area contributed by atoms with Gasteiger partial charge in [0.15, 0.2) is 0 Å². The van der Waals surface area contributed by atoms with Gasteiger partial charge in [-0.05, 0) is 30.7 Å². The number of imidazole rings is 1. The molecule has 1 saturated heterocycles. The Bertz CT molecular complexity index is 1210. The number of hydrogen-bond donors (Lipinski definition) is 0. The first-order valence-corrected chi connectivity index (χ1v) is 12.9. The molecule has 33 heavy (non-hydrogen) atoms. The zero-order valence-corrected chi connectivity index (χ0v) is 20.5. The lowest BCUT2D eigenvalue weighted by atomic mass is 10.2. The quantitative estimate of drug-likeness (QED) is 0.509. The molecule has 2 heterocycles. The Hall–Kier alpha value is -2.52. The molecule has 2 aromatic carbocycles. The minimum absolute atomic E-state index is 0.282. The van der Waals surface area contributed by atoms with Crippen molar-refractivity contribution in [3.05, 3.63) is 66.0 Å². The molecule has 0 spiro atoms. The molecule has 1 aliphatic rings. The minimum atomic E-state index is -3.47. The number of benzene rings is 2. The first kappa shape index (κ1) is 23.6. The third-order valence-corrected chi connectivity index (χ3v) is 8.01. The van der Waals surface area contributed by atoms with Gasteiger partial charge in [-0.2, -0.15) is 0 Å². The van der Waals surface area contributed by atoms with E-state index in [2.05, 4.69) is 57.7 Å². The van der Waals surface area contributed by atoms with Crippen LogP contribution in [-0.4, -0.2) is 78.9 Å². The number of piperazine rings is 1. The Kier molecular flexibility index (Phi) is 7.29. The van der Waals surface area contributed by atoms with E-state index in [1.807, 2.05) is 12.1 Å². The maximum absolute atomic E-state index is 12.5. The number of nitrogens with zero attached hydrogens (tertiary/aromatic N) is 5. The first-order valence-electron chi connectivity index (χ1n) is 11.5. The monoisotopic (exact) mass is 467 g/mol. The highest BCUT2D eigenvalue weighted by molar-refractivity contribution is 7.89. The molecule has 0 aliphatic carbocycles. The maximum Gasteiger partial charge on any atom is 0.242 e. The SMILES string of the molecule is CCn1c(CN2CCN(C/C=C/c3ccccc3)CC2)nc2cc(S(=O)(=O)N(C)C)ccc21. The smallest absolute Gasteiger partial charge is 0.242 e. The van der Waals surface area contributed by atoms with Gasteiger partial charge in [0.2, 0.25) is 10.0 Å². The third kappa shape index (κ3) is 5.35. The summed E-state index contributed by atoms with van der Waals surface area (Å²) in [5.41, 5.74) is 2.95. The molecule has 0 unspecified atom stereocenters. The number of aryl methyl sites for hydroxylation is 1. The van der Waals surface area contributed by atoms with Crippen LogP contribution in [0.25, 0.3) is 17.1 Å². The van der Waals surface area contributed by atoms with E-state index in [1.54, 1.807) is 26.2 Å². The summed E-state index contributed by atoms with van der Waals surface area (Å²) in [5, 5.41) is 0. The maximum atomic E-state index is 12.5. The average Bonchev–Trinajstić information content (AvgIpc) is 3.17. The van der Waals surface area contributed by atoms with E-state index in [4.69, 9.17) is 4.98 Å². The lowest BCUT2D eigenvalue weighted by Gasteiger charge is -2.33. The second-order valence-corrected chi connectivity index (χ2v) is 10.8. The lowest BCUT2D eigenvalue weighted by Crippen LogP contribution is -2.46. The largest absolute Gasteiger partial charge is 0.327 e. The summed E-state index contributed by atoms with van der Waals surface area (Å²) >= 11 is 0. The van der Waals surface area contributed by atoms with Crippen molar-refractivity contribution in [1.29, 1.82) is 0 Å². The van der Waals surface area contributed by atoms with Crippen LogP contribution >= 0.6 is 0 Å². The van der Waals surface area contributed by atoms with Crippen LogP contribution in [0.3, 0.4) is 0 Å². The molecule has 0 radical (unpaired) electrons. The zero-order valence-electron chi connectivity index (χ0n) is 19.7. The predicted octanol–water partition coefficient (Wildman–Crippen LogP) is 3.14. The topological polar surface area (TPSA) is 61.7 Å². The second-order valence-electron chi connectivity index (χ2n) is 8.60. The van der Waals surface area contributed by atoms with Crippen molar-refractivity contribution in [3.8, 4) is 0 Å². The summed E-state index contributed by atoms with van der Waals surface area (Å²) in [6, 6.07) is 15.6. The van der Waals surface area contributed by atoms with E-state index in [1.165, 1.54) is 9.87 Å². The van der Waals surface area contributed by atoms with E-state index in [-0.39, 0.29) is 4.90 Å². The molecule has 1 aromatic heterocycles. The number of sulfonamides is 1. The molecule has 7 nitrogen and oxygen atoms in total. The average molecular weight is 468 g/mol. The van der Waals surface area contributed by atoms with Crippen molar-refractivity contribution in [2.75, 3.05) is 46.8 Å². The summed E-state index contributed by atoms with van der Waals surface area (Å²) in [7, 11) is -0.378. The second kappa shape index (κ2) is 10.2. The summed E-state index contributed by atoms with van der Waals surface area (Å²) in [4.78, 5) is 10.0. The number of rotatable bonds is 8. The number of hydrogen-bond acceptors (Lipinski definition) is 5. The van der Waals surface area contributed by atoms with Crippen molar-refractivity contribution in [2.45, 2.75) is 24.9 Å². The van der Waals surface area contributed by atoms with Gasteiger partial charge >= 0.3 is 0 Å². The molecule has 3 aromatic rings. The minimum Gasteiger partial charge on any atom is -0.327 e. The van der Waals surface area contributed by atoms with E-state index in [9.17, 15) is 8.42 Å². The van der Waals surface area contributed by atoms with Crippen molar-refractivity contribution in [1.82, 2.24) is 23.7 Å². The number of fused-ring (bicyclic) bond motifs is 1. The van der Waals surface area contributed by atoms with Gasteiger partial charge in [0, 0.05) is 53.4 Å². The molecule has 0 atom stereocenters. The van der Waals surface area contributed by atoms with Crippen molar-refractivity contribution in [2.24, 2.45) is 0 Å². The Morgan fingerprint density at radius 3 is 2.36 bits per heavy atom. The van der Waals surface area contributed by atoms with Crippen LogP contribution in [0, 0.1) is 0 Å². The lowest BCUT2D eigenvalue weighted by molar-refractivity contribution is 0.133. The van der Waals surface area contributed by atoms with E-state index in [0.717, 1.165) is 62.7 Å². The molecule has 0 N–H and O–H groups in total. The Labute approximate surface area is 197 Å². The molecule has 0 saturated carbocycles. The Morgan fingerprint density at radius 2 is 1.70 bits per heavy atom. The highest BCUT2D eigenvalue weighted by Gasteiger charge is 2.21. The van der Waals surface area contributed by atoms with E-state index >= 15 is 0 Å². The molecule has 1 aliphatic heterocycles. The summed E-state index contributed by atoms with van der Waals surface area (Å²) < 4.78 is 28.5. The summed E-state index contributed by atoms with van der Waals surface area (Å²) in [6.45, 7) is 8.67. The van der Waals surface area contributed by atoms with Crippen molar-refractivity contribution >= 4 is 27.1 Å². The first-order chi connectivity index (χ1) is 15.9. The predicted molar refractivity (Wildman–Crippen MR) is 133 cm³/mol. The van der Waals surface area contributed by atoms with Gasteiger partial charge in [-0.15, -0.1) is 0 Å². The van der Waals surface area contributed by atoms with Crippen LogP contribution in [0.1, 0.15) is 18.3 Å². The third-order valence-electron chi connectivity index (χ3n) is 6.20. The van der Waals surface area contributed by atoms with E-state index in [0.29, 0.717) is 0 Å². The van der Waals surface area contributed by atoms with Crippen LogP contribution < -0.4 is 0 Å². The Balaban J connectivity index is 1.40. The molecular formula is C25H33N5O2S. The molecular weight excluding hydrogens is 434 g/mol. The van der Waals surface area contributed by atoms with Gasteiger partial charge in [0.1, 0.15) is 5.82 Å². The Morgan fingerprint density at radius 1 is 1.00 bits per heavy atom. The summed E-state index contributed by atoms with van der Waals surface area (Å²) in [6.07, 6.45) is 4.42. The van der Waals surface area contributed by atoms with Crippen LogP contribution in [0.4, 0.5) is 0 Å². The standard InChI is InChI=1S/C25H33N5O2S/c1-4-30-24-13-12-22(33(31,32)27(2)3)19-23(24)26-25(30)20-29-17-15-28(16-18-29)14-8-11-21-9-6-5-7-10-21/h5-13,19H,4,14-18,20H2,1-3H3/b11-8+. The van der Waals surface area contributed by atoms with Crippen molar-refractivity contribution in [3.63, 3.8) is 0 Å².